The van der Waals surface area contributed by atoms with Crippen molar-refractivity contribution in [3.63, 3.8) is 0 Å². The van der Waals surface area contributed by atoms with Crippen molar-refractivity contribution < 1.29 is 19.3 Å². The van der Waals surface area contributed by atoms with Crippen molar-refractivity contribution in [1.82, 2.24) is 5.32 Å². The van der Waals surface area contributed by atoms with Gasteiger partial charge in [-0.1, -0.05) is 64.7 Å². The molecule has 1 aromatic rings. The van der Waals surface area contributed by atoms with Crippen LogP contribution in [0.2, 0.25) is 0 Å². The molecule has 0 saturated heterocycles. The van der Waals surface area contributed by atoms with Gasteiger partial charge in [-0.25, -0.2) is 4.57 Å². The third kappa shape index (κ3) is 10.9. The lowest BCUT2D eigenvalue weighted by Gasteiger charge is -2.05. The van der Waals surface area contributed by atoms with E-state index in [0.29, 0.717) is 18.7 Å². The second-order valence-electron chi connectivity index (χ2n) is 6.91. The summed E-state index contributed by atoms with van der Waals surface area (Å²) >= 11 is 0. The van der Waals surface area contributed by atoms with Crippen LogP contribution in [-0.4, -0.2) is 23.5 Å². The van der Waals surface area contributed by atoms with Gasteiger partial charge >= 0.3 is 5.97 Å². The second kappa shape index (κ2) is 14.3. The monoisotopic (exact) mass is 363 g/mol. The van der Waals surface area contributed by atoms with Crippen molar-refractivity contribution in [1.29, 1.82) is 0 Å². The molecule has 2 N–H and O–H groups in total. The second-order valence-corrected chi connectivity index (χ2v) is 6.91. The van der Waals surface area contributed by atoms with Crippen molar-refractivity contribution in [2.45, 2.75) is 84.1 Å². The number of carboxylic acids is 1. The highest BCUT2D eigenvalue weighted by Gasteiger charge is 2.11. The Morgan fingerprint density at radius 3 is 2.23 bits per heavy atom. The number of nitrogens with zero attached hydrogens (tertiary/aromatic N) is 1. The molecule has 146 valence electrons. The predicted octanol–water partition coefficient (Wildman–Crippen LogP) is 4.10. The highest BCUT2D eigenvalue weighted by molar-refractivity contribution is 5.93. The third-order valence-electron chi connectivity index (χ3n) is 4.52. The summed E-state index contributed by atoms with van der Waals surface area (Å²) in [7, 11) is 0. The van der Waals surface area contributed by atoms with Gasteiger partial charge in [-0.3, -0.25) is 9.59 Å². The molecule has 5 heteroatoms. The van der Waals surface area contributed by atoms with Crippen LogP contribution >= 0.6 is 0 Å². The van der Waals surface area contributed by atoms with Crippen LogP contribution in [0.3, 0.4) is 0 Å². The molecule has 0 spiro atoms. The number of pyridine rings is 1. The Kier molecular flexibility index (Phi) is 12.2. The molecule has 0 bridgehead atoms. The van der Waals surface area contributed by atoms with Crippen LogP contribution in [-0.2, 0) is 11.3 Å². The van der Waals surface area contributed by atoms with E-state index >= 15 is 0 Å². The van der Waals surface area contributed by atoms with Crippen LogP contribution in [0, 0.1) is 0 Å². The quantitative estimate of drug-likeness (QED) is 0.364. The lowest BCUT2D eigenvalue weighted by Crippen LogP contribution is -2.36. The number of carboxylic acid groups (broad SMARTS) is 1. The van der Waals surface area contributed by atoms with Gasteiger partial charge in [0, 0.05) is 12.6 Å². The van der Waals surface area contributed by atoms with E-state index < -0.39 is 5.97 Å². The maximum atomic E-state index is 12.2. The lowest BCUT2D eigenvalue weighted by atomic mass is 10.1. The minimum atomic E-state index is -0.840. The topological polar surface area (TPSA) is 70.3 Å². The van der Waals surface area contributed by atoms with Gasteiger partial charge in [0.05, 0.1) is 0 Å². The summed E-state index contributed by atoms with van der Waals surface area (Å²) in [5, 5.41) is 11.7. The Morgan fingerprint density at radius 1 is 1.00 bits per heavy atom. The average Bonchev–Trinajstić information content (AvgIpc) is 2.64. The Hall–Kier alpha value is -1.91. The number of carbonyl (C=O) groups is 2. The average molecular weight is 364 g/mol. The van der Waals surface area contributed by atoms with Crippen LogP contribution in [0.5, 0.6) is 0 Å². The highest BCUT2D eigenvalue weighted by atomic mass is 16.4. The van der Waals surface area contributed by atoms with Gasteiger partial charge in [0.15, 0.2) is 18.9 Å². The summed E-state index contributed by atoms with van der Waals surface area (Å²) in [5.74, 6) is -0.932. The van der Waals surface area contributed by atoms with Crippen LogP contribution < -0.4 is 9.88 Å². The molecule has 1 aromatic heterocycles. The zero-order valence-electron chi connectivity index (χ0n) is 16.2. The van der Waals surface area contributed by atoms with Crippen LogP contribution in [0.1, 0.15) is 87.9 Å². The maximum Gasteiger partial charge on any atom is 0.309 e. The summed E-state index contributed by atoms with van der Waals surface area (Å²) in [6, 6.07) is 3.53. The molecule has 0 aliphatic carbocycles. The Morgan fingerprint density at radius 2 is 1.62 bits per heavy atom. The number of aromatic nitrogens is 1. The van der Waals surface area contributed by atoms with E-state index in [0.717, 1.165) is 12.8 Å². The smallest absolute Gasteiger partial charge is 0.309 e. The fraction of sp³-hybridized carbons (Fsp3) is 0.667. The van der Waals surface area contributed by atoms with Crippen molar-refractivity contribution >= 4 is 11.9 Å². The van der Waals surface area contributed by atoms with E-state index in [1.54, 1.807) is 29.1 Å². The fourth-order valence-electron chi connectivity index (χ4n) is 2.94. The molecule has 0 saturated carbocycles. The first-order chi connectivity index (χ1) is 12.6. The Labute approximate surface area is 157 Å². The number of nitrogens with one attached hydrogen (secondary N) is 1. The zero-order valence-corrected chi connectivity index (χ0v) is 16.2. The molecule has 0 unspecified atom stereocenters. The minimum absolute atomic E-state index is 0.0499. The first-order valence-electron chi connectivity index (χ1n) is 10.1. The van der Waals surface area contributed by atoms with Gasteiger partial charge in [-0.15, -0.1) is 0 Å². The van der Waals surface area contributed by atoms with Crippen molar-refractivity contribution in [2.24, 2.45) is 0 Å². The van der Waals surface area contributed by atoms with E-state index in [1.807, 2.05) is 0 Å². The number of unbranched alkanes of at least 4 members (excludes halogenated alkanes) is 9. The van der Waals surface area contributed by atoms with Crippen LogP contribution in [0.4, 0.5) is 0 Å². The van der Waals surface area contributed by atoms with E-state index in [1.165, 1.54) is 51.4 Å². The van der Waals surface area contributed by atoms with E-state index in [4.69, 9.17) is 5.11 Å². The predicted molar refractivity (Wildman–Crippen MR) is 103 cm³/mol. The van der Waals surface area contributed by atoms with Gasteiger partial charge in [0.1, 0.15) is 12.0 Å². The number of carbonyl (C=O) groups excluding carboxylic acids is 1. The van der Waals surface area contributed by atoms with E-state index in [2.05, 4.69) is 12.2 Å². The Balaban J connectivity index is 2.09. The SMILES string of the molecule is CCCCCCCCCCCCNC(=O)c1ccc[n+](CCC(=O)O)c1. The molecular formula is C21H35N2O3+. The summed E-state index contributed by atoms with van der Waals surface area (Å²) in [5.41, 5.74) is 0.574. The zero-order chi connectivity index (χ0) is 19.0. The molecule has 0 aliphatic heterocycles. The summed E-state index contributed by atoms with van der Waals surface area (Å²) in [6.45, 7) is 3.31. The molecule has 0 radical (unpaired) electrons. The molecule has 0 fully saturated rings. The molecule has 5 nitrogen and oxygen atoms in total. The normalized spacial score (nSPS) is 10.7. The highest BCUT2D eigenvalue weighted by Crippen LogP contribution is 2.10. The van der Waals surface area contributed by atoms with Gasteiger partial charge in [-0.2, -0.15) is 0 Å². The number of hydrogen-bond acceptors (Lipinski definition) is 2. The number of rotatable bonds is 15. The molecule has 1 heterocycles. The van der Waals surface area contributed by atoms with E-state index in [-0.39, 0.29) is 12.3 Å². The lowest BCUT2D eigenvalue weighted by molar-refractivity contribution is -0.696. The fourth-order valence-corrected chi connectivity index (χ4v) is 2.94. The van der Waals surface area contributed by atoms with E-state index in [9.17, 15) is 9.59 Å². The molecule has 26 heavy (non-hydrogen) atoms. The van der Waals surface area contributed by atoms with Crippen molar-refractivity contribution in [3.05, 3.63) is 30.1 Å². The standard InChI is InChI=1S/C21H34N2O3/c1-2-3-4-5-6-7-8-9-10-11-15-22-21(26)19-13-12-16-23(18-19)17-14-20(24)25/h12-13,16,18H,2-11,14-15,17H2,1H3,(H-,22,24,25,26)/p+1. The van der Waals surface area contributed by atoms with Crippen LogP contribution in [0.15, 0.2) is 24.5 Å². The summed E-state index contributed by atoms with van der Waals surface area (Å²) in [6.07, 6.45) is 16.3. The minimum Gasteiger partial charge on any atom is -0.481 e. The molecule has 0 aromatic carbocycles. The first kappa shape index (κ1) is 22.1. The Bertz CT molecular complexity index is 532. The number of amides is 1. The van der Waals surface area contributed by atoms with Crippen LogP contribution in [0.25, 0.3) is 0 Å². The summed E-state index contributed by atoms with van der Waals surface area (Å²) < 4.78 is 1.74. The van der Waals surface area contributed by atoms with Crippen molar-refractivity contribution in [2.75, 3.05) is 6.54 Å². The van der Waals surface area contributed by atoms with Gasteiger partial charge in [-0.05, 0) is 12.5 Å². The maximum absolute atomic E-state index is 12.2. The number of aryl methyl sites for hydroxylation is 1. The van der Waals surface area contributed by atoms with Gasteiger partial charge in [0.2, 0.25) is 0 Å². The third-order valence-corrected chi connectivity index (χ3v) is 4.52. The number of hydrogen-bond donors (Lipinski definition) is 2. The molecular weight excluding hydrogens is 328 g/mol. The number of aliphatic carboxylic acids is 1. The molecule has 0 aliphatic rings. The van der Waals surface area contributed by atoms with Gasteiger partial charge in [0.25, 0.3) is 5.91 Å². The molecule has 1 rings (SSSR count). The largest absolute Gasteiger partial charge is 0.481 e. The molecule has 1 amide bonds. The first-order valence-corrected chi connectivity index (χ1v) is 10.1. The molecule has 0 atom stereocenters. The summed E-state index contributed by atoms with van der Waals surface area (Å²) in [4.78, 5) is 22.8. The van der Waals surface area contributed by atoms with Crippen molar-refractivity contribution in [3.8, 4) is 0 Å². The van der Waals surface area contributed by atoms with Gasteiger partial charge < -0.3 is 10.4 Å².